The van der Waals surface area contributed by atoms with E-state index < -0.39 is 0 Å². The first kappa shape index (κ1) is 40.5. The first-order chi connectivity index (χ1) is 22.6. The summed E-state index contributed by atoms with van der Waals surface area (Å²) in [4.78, 5) is 0. The van der Waals surface area contributed by atoms with E-state index in [-0.39, 0.29) is 21.7 Å². The van der Waals surface area contributed by atoms with Gasteiger partial charge in [0.15, 0.2) is 0 Å². The Bertz CT molecular complexity index is 1580. The van der Waals surface area contributed by atoms with Crippen molar-refractivity contribution in [3.8, 4) is 23.0 Å². The SMILES string of the molecule is Cc1cc(Cc2cc(C)c(O)c(C(C)(C)C)c2)cc(C(C)(C)C)c1O.Cc1cc(Cc2cc(C)c(O)c(C(C)(C)C)c2)cc(C(C)(C)C)c1O. The second-order valence-electron chi connectivity index (χ2n) is 18.6. The fourth-order valence-electron chi connectivity index (χ4n) is 6.58. The highest BCUT2D eigenvalue weighted by atomic mass is 16.3. The van der Waals surface area contributed by atoms with Gasteiger partial charge in [0.2, 0.25) is 0 Å². The van der Waals surface area contributed by atoms with Gasteiger partial charge in [0.25, 0.3) is 0 Å². The lowest BCUT2D eigenvalue weighted by Gasteiger charge is -2.24. The lowest BCUT2D eigenvalue weighted by Crippen LogP contribution is -2.13. The lowest BCUT2D eigenvalue weighted by atomic mass is 9.82. The molecule has 272 valence electrons. The number of benzene rings is 4. The Balaban J connectivity index is 0.000000270. The summed E-state index contributed by atoms with van der Waals surface area (Å²) in [7, 11) is 0. The van der Waals surface area contributed by atoms with Crippen LogP contribution >= 0.6 is 0 Å². The molecule has 4 aromatic rings. The molecule has 0 atom stereocenters. The minimum absolute atomic E-state index is 0.105. The third-order valence-electron chi connectivity index (χ3n) is 9.49. The molecule has 50 heavy (non-hydrogen) atoms. The zero-order valence-electron chi connectivity index (χ0n) is 33.8. The van der Waals surface area contributed by atoms with Crippen LogP contribution in [0.2, 0.25) is 0 Å². The molecule has 0 radical (unpaired) electrons. The molecule has 0 aliphatic carbocycles. The summed E-state index contributed by atoms with van der Waals surface area (Å²) in [5.74, 6) is 1.59. The van der Waals surface area contributed by atoms with Crippen LogP contribution in [0.3, 0.4) is 0 Å². The Morgan fingerprint density at radius 2 is 0.480 bits per heavy atom. The van der Waals surface area contributed by atoms with E-state index in [2.05, 4.69) is 132 Å². The van der Waals surface area contributed by atoms with Crippen molar-refractivity contribution < 1.29 is 20.4 Å². The van der Waals surface area contributed by atoms with E-state index in [4.69, 9.17) is 0 Å². The number of aromatic hydroxyl groups is 4. The molecule has 4 N–H and O–H groups in total. The standard InChI is InChI=1S/2C23H32O2/c2*1-14-9-16(12-18(20(14)24)22(3,4)5)11-17-10-15(2)21(25)19(13-17)23(6,7)8/h2*9-10,12-13,24-25H,11H2,1-8H3. The summed E-state index contributed by atoms with van der Waals surface area (Å²) in [6.07, 6.45) is 1.57. The van der Waals surface area contributed by atoms with Crippen molar-refractivity contribution in [1.29, 1.82) is 0 Å². The average Bonchev–Trinajstić information content (AvgIpc) is 2.94. The Kier molecular flexibility index (Phi) is 11.6. The molecule has 0 fully saturated rings. The van der Waals surface area contributed by atoms with Gasteiger partial charge in [0.05, 0.1) is 0 Å². The third-order valence-corrected chi connectivity index (χ3v) is 9.49. The van der Waals surface area contributed by atoms with Crippen LogP contribution in [0.5, 0.6) is 23.0 Å². The largest absolute Gasteiger partial charge is 0.507 e. The van der Waals surface area contributed by atoms with E-state index >= 15 is 0 Å². The Labute approximate surface area is 303 Å². The highest BCUT2D eigenvalue weighted by Gasteiger charge is 2.24. The van der Waals surface area contributed by atoms with Gasteiger partial charge >= 0.3 is 0 Å². The van der Waals surface area contributed by atoms with Crippen molar-refractivity contribution in [2.24, 2.45) is 0 Å². The number of hydrogen-bond acceptors (Lipinski definition) is 4. The molecule has 4 nitrogen and oxygen atoms in total. The molecular weight excluding hydrogens is 617 g/mol. The van der Waals surface area contributed by atoms with Gasteiger partial charge in [-0.05, 0) is 129 Å². The molecule has 0 spiro atoms. The normalized spacial score (nSPS) is 12.5. The summed E-state index contributed by atoms with van der Waals surface area (Å²) < 4.78 is 0. The fraction of sp³-hybridized carbons (Fsp3) is 0.478. The van der Waals surface area contributed by atoms with Crippen molar-refractivity contribution >= 4 is 0 Å². The monoisotopic (exact) mass is 680 g/mol. The molecule has 0 saturated heterocycles. The molecule has 0 saturated carbocycles. The van der Waals surface area contributed by atoms with Crippen LogP contribution in [-0.2, 0) is 34.5 Å². The topological polar surface area (TPSA) is 80.9 Å². The van der Waals surface area contributed by atoms with E-state index in [1.807, 2.05) is 27.7 Å². The van der Waals surface area contributed by atoms with E-state index in [1.165, 1.54) is 22.3 Å². The van der Waals surface area contributed by atoms with Gasteiger partial charge in [-0.25, -0.2) is 0 Å². The van der Waals surface area contributed by atoms with E-state index in [1.54, 1.807) is 0 Å². The van der Waals surface area contributed by atoms with Gasteiger partial charge in [-0.3, -0.25) is 0 Å². The molecular formula is C46H64O4. The van der Waals surface area contributed by atoms with Gasteiger partial charge in [0.1, 0.15) is 23.0 Å². The smallest absolute Gasteiger partial charge is 0.122 e. The molecule has 4 heteroatoms. The molecule has 0 amide bonds. The zero-order valence-corrected chi connectivity index (χ0v) is 33.8. The maximum absolute atomic E-state index is 10.4. The number of phenols is 4. The second kappa shape index (κ2) is 14.4. The highest BCUT2D eigenvalue weighted by molar-refractivity contribution is 5.52. The Hall–Kier alpha value is -3.92. The maximum atomic E-state index is 10.4. The van der Waals surface area contributed by atoms with Gasteiger partial charge in [-0.2, -0.15) is 0 Å². The molecule has 0 unspecified atom stereocenters. The Morgan fingerprint density at radius 3 is 0.620 bits per heavy atom. The summed E-state index contributed by atoms with van der Waals surface area (Å²) in [6, 6.07) is 16.7. The summed E-state index contributed by atoms with van der Waals surface area (Å²) in [6.45, 7) is 33.2. The number of phenolic OH excluding ortho intramolecular Hbond substituents is 4. The lowest BCUT2D eigenvalue weighted by molar-refractivity contribution is 0.441. The van der Waals surface area contributed by atoms with Crippen LogP contribution in [0.25, 0.3) is 0 Å². The maximum Gasteiger partial charge on any atom is 0.122 e. The first-order valence-electron chi connectivity index (χ1n) is 17.9. The first-order valence-corrected chi connectivity index (χ1v) is 17.9. The number of rotatable bonds is 4. The quantitative estimate of drug-likeness (QED) is 0.173. The van der Waals surface area contributed by atoms with Crippen molar-refractivity contribution in [2.45, 2.75) is 145 Å². The van der Waals surface area contributed by atoms with Crippen LogP contribution < -0.4 is 0 Å². The third kappa shape index (κ3) is 9.65. The van der Waals surface area contributed by atoms with Crippen molar-refractivity contribution in [3.05, 3.63) is 115 Å². The molecule has 0 aliphatic heterocycles. The fourth-order valence-corrected chi connectivity index (χ4v) is 6.58. The minimum atomic E-state index is -0.105. The van der Waals surface area contributed by atoms with Crippen LogP contribution in [0.15, 0.2) is 48.5 Å². The van der Waals surface area contributed by atoms with E-state index in [9.17, 15) is 20.4 Å². The Morgan fingerprint density at radius 1 is 0.320 bits per heavy atom. The molecule has 0 heterocycles. The van der Waals surface area contributed by atoms with Crippen molar-refractivity contribution in [2.75, 3.05) is 0 Å². The molecule has 4 aromatic carbocycles. The van der Waals surface area contributed by atoms with E-state index in [0.29, 0.717) is 23.0 Å². The van der Waals surface area contributed by atoms with Crippen LogP contribution in [-0.4, -0.2) is 20.4 Å². The molecule has 0 aliphatic rings. The zero-order chi connectivity index (χ0) is 38.3. The second-order valence-corrected chi connectivity index (χ2v) is 18.6. The van der Waals surface area contributed by atoms with Crippen molar-refractivity contribution in [3.63, 3.8) is 0 Å². The van der Waals surface area contributed by atoms with E-state index in [0.717, 1.165) is 57.3 Å². The molecule has 0 aromatic heterocycles. The van der Waals surface area contributed by atoms with Crippen LogP contribution in [0.1, 0.15) is 150 Å². The van der Waals surface area contributed by atoms with Crippen molar-refractivity contribution in [1.82, 2.24) is 0 Å². The summed E-state index contributed by atoms with van der Waals surface area (Å²) in [5.41, 5.74) is 11.9. The van der Waals surface area contributed by atoms with Gasteiger partial charge < -0.3 is 20.4 Å². The summed E-state index contributed by atoms with van der Waals surface area (Å²) in [5, 5.41) is 41.7. The number of hydrogen-bond donors (Lipinski definition) is 4. The molecule has 4 rings (SSSR count). The van der Waals surface area contributed by atoms with Gasteiger partial charge in [-0.15, -0.1) is 0 Å². The highest BCUT2D eigenvalue weighted by Crippen LogP contribution is 2.39. The predicted molar refractivity (Wildman–Crippen MR) is 212 cm³/mol. The van der Waals surface area contributed by atoms with Gasteiger partial charge in [-0.1, -0.05) is 132 Å². The number of aryl methyl sites for hydroxylation is 4. The average molecular weight is 681 g/mol. The van der Waals surface area contributed by atoms with Crippen LogP contribution in [0, 0.1) is 27.7 Å². The summed E-state index contributed by atoms with van der Waals surface area (Å²) >= 11 is 0. The predicted octanol–water partition coefficient (Wildman–Crippen LogP) is 11.8. The van der Waals surface area contributed by atoms with Crippen LogP contribution in [0.4, 0.5) is 0 Å². The minimum Gasteiger partial charge on any atom is -0.507 e. The van der Waals surface area contributed by atoms with Gasteiger partial charge in [0, 0.05) is 0 Å². The molecule has 0 bridgehead atoms.